The van der Waals surface area contributed by atoms with E-state index in [2.05, 4.69) is 81.8 Å². The number of nitrogens with zero attached hydrogens (tertiary/aromatic N) is 1. The van der Waals surface area contributed by atoms with Crippen LogP contribution in [-0.4, -0.2) is 45.6 Å². The van der Waals surface area contributed by atoms with Gasteiger partial charge in [0.2, 0.25) is 0 Å². The van der Waals surface area contributed by atoms with Crippen LogP contribution in [0.3, 0.4) is 0 Å². The molecule has 2 aromatic rings. The lowest BCUT2D eigenvalue weighted by atomic mass is 10.3. The van der Waals surface area contributed by atoms with Gasteiger partial charge in [0.1, 0.15) is 0 Å². The van der Waals surface area contributed by atoms with Crippen LogP contribution in [0.1, 0.15) is 0 Å². The van der Waals surface area contributed by atoms with Gasteiger partial charge in [0.05, 0.1) is 27.7 Å². The van der Waals surface area contributed by atoms with Crippen molar-refractivity contribution < 1.29 is 21.7 Å². The predicted octanol–water partition coefficient (Wildman–Crippen LogP) is 4.13. The second kappa shape index (κ2) is 9.19. The van der Waals surface area contributed by atoms with Crippen LogP contribution in [0.25, 0.3) is 0 Å². The Labute approximate surface area is 142 Å². The summed E-state index contributed by atoms with van der Waals surface area (Å²) in [6, 6.07) is 21.9. The molecule has 0 atom stereocenters. The summed E-state index contributed by atoms with van der Waals surface area (Å²) in [5.41, 5.74) is 0. The second-order valence-electron chi connectivity index (χ2n) is 6.33. The van der Waals surface area contributed by atoms with Gasteiger partial charge in [0.15, 0.2) is 0 Å². The highest BCUT2D eigenvalue weighted by Crippen LogP contribution is 2.33. The number of quaternary nitrogens is 1. The van der Waals surface area contributed by atoms with Gasteiger partial charge in [-0.15, -0.1) is 0 Å². The minimum atomic E-state index is -6.00. The molecule has 0 radical (unpaired) electrons. The molecular formula is C17H23BF4NP. The maximum absolute atomic E-state index is 9.75. The van der Waals surface area contributed by atoms with Gasteiger partial charge in [-0.3, -0.25) is 0 Å². The highest BCUT2D eigenvalue weighted by molar-refractivity contribution is 7.73. The van der Waals surface area contributed by atoms with E-state index in [1.54, 1.807) is 0 Å². The molecule has 0 fully saturated rings. The van der Waals surface area contributed by atoms with Gasteiger partial charge in [-0.05, 0) is 18.5 Å². The quantitative estimate of drug-likeness (QED) is 0.326. The van der Waals surface area contributed by atoms with E-state index in [0.717, 1.165) is 4.48 Å². The number of halogens is 4. The number of hydrogen-bond acceptors (Lipinski definition) is 0. The third kappa shape index (κ3) is 9.69. The molecule has 0 aliphatic rings. The SMILES string of the molecule is C[N+](C)(C)CCP(c1ccccc1)c1ccccc1.F[B-](F)(F)F. The Kier molecular flexibility index (Phi) is 7.91. The summed E-state index contributed by atoms with van der Waals surface area (Å²) in [6.07, 6.45) is 1.24. The first kappa shape index (κ1) is 20.7. The van der Waals surface area contributed by atoms with Crippen LogP contribution < -0.4 is 10.6 Å². The Bertz CT molecular complexity index is 540. The van der Waals surface area contributed by atoms with Crippen molar-refractivity contribution in [3.8, 4) is 0 Å². The fourth-order valence-electron chi connectivity index (χ4n) is 2.02. The van der Waals surface area contributed by atoms with Crippen molar-refractivity contribution >= 4 is 25.8 Å². The highest BCUT2D eigenvalue weighted by atomic mass is 31.1. The lowest BCUT2D eigenvalue weighted by Crippen LogP contribution is -2.37. The zero-order chi connectivity index (χ0) is 18.2. The van der Waals surface area contributed by atoms with E-state index >= 15 is 0 Å². The van der Waals surface area contributed by atoms with Crippen LogP contribution >= 0.6 is 7.92 Å². The monoisotopic (exact) mass is 359 g/mol. The van der Waals surface area contributed by atoms with Gasteiger partial charge in [0.25, 0.3) is 0 Å². The van der Waals surface area contributed by atoms with Crippen LogP contribution in [0.15, 0.2) is 60.7 Å². The topological polar surface area (TPSA) is 0 Å². The number of hydrogen-bond donors (Lipinski definition) is 0. The fourth-order valence-corrected chi connectivity index (χ4v) is 4.70. The average molecular weight is 359 g/mol. The molecule has 0 heterocycles. The minimum Gasteiger partial charge on any atom is -0.418 e. The van der Waals surface area contributed by atoms with Crippen LogP contribution in [-0.2, 0) is 0 Å². The van der Waals surface area contributed by atoms with Crippen LogP contribution in [0.5, 0.6) is 0 Å². The largest absolute Gasteiger partial charge is 0.673 e. The standard InChI is InChI=1S/C17H23NP.BF4/c1-18(2,3)14-15-19(16-10-6-4-7-11-16)17-12-8-5-9-13-17;2-1(3,4)5/h4-13H,14-15H2,1-3H3;/q+1;-1. The van der Waals surface area contributed by atoms with E-state index < -0.39 is 7.25 Å². The Hall–Kier alpha value is -1.39. The van der Waals surface area contributed by atoms with Crippen molar-refractivity contribution in [3.05, 3.63) is 60.7 Å². The summed E-state index contributed by atoms with van der Waals surface area (Å²) in [7, 11) is 0.571. The summed E-state index contributed by atoms with van der Waals surface area (Å²) < 4.78 is 40.0. The third-order valence-electron chi connectivity index (χ3n) is 3.13. The molecule has 0 aliphatic heterocycles. The first-order valence-electron chi connectivity index (χ1n) is 7.62. The highest BCUT2D eigenvalue weighted by Gasteiger charge is 2.20. The van der Waals surface area contributed by atoms with E-state index in [-0.39, 0.29) is 7.92 Å². The van der Waals surface area contributed by atoms with Gasteiger partial charge >= 0.3 is 7.25 Å². The lowest BCUT2D eigenvalue weighted by molar-refractivity contribution is -0.867. The first-order chi connectivity index (χ1) is 11.1. The maximum atomic E-state index is 9.75. The smallest absolute Gasteiger partial charge is 0.418 e. The molecule has 0 unspecified atom stereocenters. The lowest BCUT2D eigenvalue weighted by Gasteiger charge is -2.27. The summed E-state index contributed by atoms with van der Waals surface area (Å²) >= 11 is 0. The third-order valence-corrected chi connectivity index (χ3v) is 5.62. The molecule has 0 saturated carbocycles. The molecule has 1 nitrogen and oxygen atoms in total. The number of rotatable bonds is 5. The Morgan fingerprint density at radius 1 is 0.750 bits per heavy atom. The van der Waals surface area contributed by atoms with E-state index in [1.807, 2.05) is 0 Å². The van der Waals surface area contributed by atoms with E-state index in [0.29, 0.717) is 0 Å². The molecule has 0 aromatic heterocycles. The minimum absolute atomic E-state index is 0.231. The Morgan fingerprint density at radius 2 is 1.08 bits per heavy atom. The van der Waals surface area contributed by atoms with Gasteiger partial charge in [-0.25, -0.2) is 0 Å². The molecular weight excluding hydrogens is 336 g/mol. The van der Waals surface area contributed by atoms with Crippen molar-refractivity contribution in [2.24, 2.45) is 0 Å². The van der Waals surface area contributed by atoms with Gasteiger partial charge in [-0.2, -0.15) is 0 Å². The Morgan fingerprint density at radius 3 is 1.38 bits per heavy atom. The summed E-state index contributed by atoms with van der Waals surface area (Å²) in [6.45, 7) is 1.20. The Balaban J connectivity index is 0.000000505. The molecule has 2 rings (SSSR count). The normalized spacial score (nSPS) is 11.8. The van der Waals surface area contributed by atoms with Crippen molar-refractivity contribution in [1.29, 1.82) is 0 Å². The molecule has 2 aromatic carbocycles. The second-order valence-corrected chi connectivity index (χ2v) is 8.67. The van der Waals surface area contributed by atoms with E-state index in [9.17, 15) is 17.3 Å². The molecule has 0 N–H and O–H groups in total. The van der Waals surface area contributed by atoms with Crippen LogP contribution in [0.4, 0.5) is 17.3 Å². The first-order valence-corrected chi connectivity index (χ1v) is 9.14. The molecule has 0 amide bonds. The summed E-state index contributed by atoms with van der Waals surface area (Å²) in [4.78, 5) is 0. The number of benzene rings is 2. The van der Waals surface area contributed by atoms with Crippen LogP contribution in [0.2, 0.25) is 0 Å². The van der Waals surface area contributed by atoms with Crippen molar-refractivity contribution in [2.45, 2.75) is 0 Å². The molecule has 132 valence electrons. The zero-order valence-electron chi connectivity index (χ0n) is 14.2. The fraction of sp³-hybridized carbons (Fsp3) is 0.294. The zero-order valence-corrected chi connectivity index (χ0v) is 15.1. The average Bonchev–Trinajstić information content (AvgIpc) is 2.47. The summed E-state index contributed by atoms with van der Waals surface area (Å²) in [5.74, 6) is 0. The molecule has 0 bridgehead atoms. The van der Waals surface area contributed by atoms with Gasteiger partial charge < -0.3 is 21.7 Å². The molecule has 7 heteroatoms. The molecule has 0 spiro atoms. The van der Waals surface area contributed by atoms with E-state index in [4.69, 9.17) is 0 Å². The maximum Gasteiger partial charge on any atom is 0.673 e. The van der Waals surface area contributed by atoms with Gasteiger partial charge in [-0.1, -0.05) is 60.7 Å². The molecule has 24 heavy (non-hydrogen) atoms. The van der Waals surface area contributed by atoms with Crippen LogP contribution in [0, 0.1) is 0 Å². The molecule has 0 aliphatic carbocycles. The molecule has 0 saturated heterocycles. The predicted molar refractivity (Wildman–Crippen MR) is 97.0 cm³/mol. The van der Waals surface area contributed by atoms with E-state index in [1.165, 1.54) is 23.3 Å². The van der Waals surface area contributed by atoms with Crippen molar-refractivity contribution in [1.82, 2.24) is 0 Å². The summed E-state index contributed by atoms with van der Waals surface area (Å²) in [5, 5.41) is 2.97. The van der Waals surface area contributed by atoms with Gasteiger partial charge in [0, 0.05) is 6.16 Å². The van der Waals surface area contributed by atoms with Crippen molar-refractivity contribution in [3.63, 3.8) is 0 Å². The van der Waals surface area contributed by atoms with Crippen molar-refractivity contribution in [2.75, 3.05) is 33.8 Å².